The van der Waals surface area contributed by atoms with Crippen molar-refractivity contribution in [3.63, 3.8) is 0 Å². The number of benzene rings is 1. The van der Waals surface area contributed by atoms with Crippen molar-refractivity contribution >= 4 is 40.2 Å². The first-order valence-corrected chi connectivity index (χ1v) is 10.9. The van der Waals surface area contributed by atoms with E-state index in [9.17, 15) is 9.59 Å². The van der Waals surface area contributed by atoms with Crippen molar-refractivity contribution in [3.8, 4) is 21.4 Å². The number of nitrogens with zero attached hydrogens (tertiary/aromatic N) is 2. The number of ether oxygens (including phenoxy) is 2. The molecular weight excluding hydrogens is 410 g/mol. The number of thiophene rings is 1. The Morgan fingerprint density at radius 3 is 2.76 bits per heavy atom. The van der Waals surface area contributed by atoms with Crippen LogP contribution in [0.15, 0.2) is 41.1 Å². The Bertz CT molecular complexity index is 1020. The summed E-state index contributed by atoms with van der Waals surface area (Å²) in [6.07, 6.45) is 0. The Kier molecular flexibility index (Phi) is 5.77. The molecule has 3 aromatic rings. The van der Waals surface area contributed by atoms with Gasteiger partial charge in [-0.15, -0.1) is 22.7 Å². The molecule has 1 aliphatic heterocycles. The summed E-state index contributed by atoms with van der Waals surface area (Å²) in [5.41, 5.74) is 0.948. The molecule has 0 aliphatic carbocycles. The second-order valence-corrected chi connectivity index (χ2v) is 8.05. The molecule has 0 saturated carbocycles. The molecule has 9 heteroatoms. The molecule has 2 amide bonds. The summed E-state index contributed by atoms with van der Waals surface area (Å²) in [7, 11) is 0. The summed E-state index contributed by atoms with van der Waals surface area (Å²) in [4.78, 5) is 32.2. The van der Waals surface area contributed by atoms with Crippen LogP contribution in [0.4, 0.5) is 5.69 Å². The van der Waals surface area contributed by atoms with Gasteiger partial charge in [-0.2, -0.15) is 0 Å². The van der Waals surface area contributed by atoms with E-state index in [1.54, 1.807) is 34.9 Å². The molecule has 2 aromatic heterocycles. The third-order valence-electron chi connectivity index (χ3n) is 4.28. The van der Waals surface area contributed by atoms with E-state index in [1.807, 2.05) is 24.4 Å². The number of carbonyl (C=O) groups is 2. The molecule has 29 heavy (non-hydrogen) atoms. The first kappa shape index (κ1) is 19.4. The van der Waals surface area contributed by atoms with Crippen LogP contribution in [0.1, 0.15) is 17.4 Å². The van der Waals surface area contributed by atoms with Crippen molar-refractivity contribution in [2.45, 2.75) is 6.92 Å². The van der Waals surface area contributed by atoms with Crippen molar-refractivity contribution in [3.05, 3.63) is 46.8 Å². The van der Waals surface area contributed by atoms with Gasteiger partial charge in [-0.05, 0) is 30.5 Å². The number of hydrogen-bond donors (Lipinski definition) is 1. The fourth-order valence-electron chi connectivity index (χ4n) is 2.87. The number of thiazole rings is 1. The van der Waals surface area contributed by atoms with E-state index in [2.05, 4.69) is 10.3 Å². The Morgan fingerprint density at radius 1 is 1.17 bits per heavy atom. The monoisotopic (exact) mass is 429 g/mol. The second-order valence-electron chi connectivity index (χ2n) is 6.24. The molecule has 0 atom stereocenters. The van der Waals surface area contributed by atoms with Crippen LogP contribution in [-0.2, 0) is 4.79 Å². The smallest absolute Gasteiger partial charge is 0.273 e. The van der Waals surface area contributed by atoms with Crippen molar-refractivity contribution in [2.75, 3.05) is 31.6 Å². The molecule has 150 valence electrons. The number of fused-ring (bicyclic) bond motifs is 1. The molecule has 1 aliphatic rings. The topological polar surface area (TPSA) is 80.8 Å². The molecule has 0 radical (unpaired) electrons. The maximum Gasteiger partial charge on any atom is 0.273 e. The molecule has 4 rings (SSSR count). The minimum absolute atomic E-state index is 0.0599. The zero-order valence-electron chi connectivity index (χ0n) is 15.7. The Balaban J connectivity index is 1.40. The molecule has 1 N–H and O–H groups in total. The number of amides is 2. The minimum atomic E-state index is -0.286. The van der Waals surface area contributed by atoms with Crippen LogP contribution in [0, 0.1) is 0 Å². The highest BCUT2D eigenvalue weighted by atomic mass is 32.1. The van der Waals surface area contributed by atoms with Crippen LogP contribution in [0.25, 0.3) is 9.88 Å². The Labute approximate surface area is 175 Å². The normalized spacial score (nSPS) is 12.4. The Morgan fingerprint density at radius 2 is 2.00 bits per heavy atom. The lowest BCUT2D eigenvalue weighted by Crippen LogP contribution is -2.38. The average Bonchev–Trinajstić information content (AvgIpc) is 3.43. The van der Waals surface area contributed by atoms with Crippen LogP contribution in [0.5, 0.6) is 11.5 Å². The SMILES string of the molecule is CCN(CC(=O)Nc1ccc2c(c1)OCCO2)C(=O)c1csc(-c2cccs2)n1. The van der Waals surface area contributed by atoms with Crippen LogP contribution >= 0.6 is 22.7 Å². The summed E-state index contributed by atoms with van der Waals surface area (Å²) in [5.74, 6) is 0.709. The molecular formula is C20H19N3O4S2. The van der Waals surface area contributed by atoms with E-state index in [0.29, 0.717) is 42.6 Å². The van der Waals surface area contributed by atoms with Crippen LogP contribution in [0.3, 0.4) is 0 Å². The van der Waals surface area contributed by atoms with Gasteiger partial charge in [0.05, 0.1) is 4.88 Å². The van der Waals surface area contributed by atoms with Crippen molar-refractivity contribution in [1.82, 2.24) is 9.88 Å². The third kappa shape index (κ3) is 4.41. The van der Waals surface area contributed by atoms with Crippen LogP contribution in [0.2, 0.25) is 0 Å². The highest BCUT2D eigenvalue weighted by molar-refractivity contribution is 7.20. The molecule has 0 spiro atoms. The largest absolute Gasteiger partial charge is 0.486 e. The average molecular weight is 430 g/mol. The molecule has 7 nitrogen and oxygen atoms in total. The van der Waals surface area contributed by atoms with Gasteiger partial charge >= 0.3 is 0 Å². The van der Waals surface area contributed by atoms with Gasteiger partial charge in [0, 0.05) is 23.7 Å². The van der Waals surface area contributed by atoms with Crippen molar-refractivity contribution < 1.29 is 19.1 Å². The Hall–Kier alpha value is -2.91. The van der Waals surface area contributed by atoms with Gasteiger partial charge < -0.3 is 19.7 Å². The fourth-order valence-corrected chi connectivity index (χ4v) is 4.48. The first-order valence-electron chi connectivity index (χ1n) is 9.12. The quantitative estimate of drug-likeness (QED) is 0.646. The second kappa shape index (κ2) is 8.62. The van der Waals surface area contributed by atoms with Gasteiger partial charge in [0.25, 0.3) is 5.91 Å². The van der Waals surface area contributed by atoms with Crippen molar-refractivity contribution in [2.24, 2.45) is 0 Å². The maximum absolute atomic E-state index is 12.8. The summed E-state index contributed by atoms with van der Waals surface area (Å²) >= 11 is 3.00. The van der Waals surface area contributed by atoms with E-state index in [4.69, 9.17) is 9.47 Å². The molecule has 3 heterocycles. The van der Waals surface area contributed by atoms with Gasteiger partial charge in [0.15, 0.2) is 11.5 Å². The lowest BCUT2D eigenvalue weighted by atomic mass is 10.2. The van der Waals surface area contributed by atoms with E-state index in [1.165, 1.54) is 16.2 Å². The minimum Gasteiger partial charge on any atom is -0.486 e. The maximum atomic E-state index is 12.8. The number of likely N-dealkylation sites (N-methyl/N-ethyl adjacent to an activating group) is 1. The summed E-state index contributed by atoms with van der Waals surface area (Å²) in [6, 6.07) is 9.14. The lowest BCUT2D eigenvalue weighted by molar-refractivity contribution is -0.116. The first-order chi connectivity index (χ1) is 14.1. The highest BCUT2D eigenvalue weighted by Crippen LogP contribution is 2.32. The predicted molar refractivity (Wildman–Crippen MR) is 113 cm³/mol. The number of carbonyl (C=O) groups excluding carboxylic acids is 2. The van der Waals surface area contributed by atoms with Crippen molar-refractivity contribution in [1.29, 1.82) is 0 Å². The number of aromatic nitrogens is 1. The third-order valence-corrected chi connectivity index (χ3v) is 6.17. The van der Waals surface area contributed by atoms with E-state index in [0.717, 1.165) is 9.88 Å². The molecule has 0 saturated heterocycles. The molecule has 1 aromatic carbocycles. The zero-order valence-corrected chi connectivity index (χ0v) is 17.3. The summed E-state index contributed by atoms with van der Waals surface area (Å²) in [5, 5.41) is 7.32. The van der Waals surface area contributed by atoms with E-state index < -0.39 is 0 Å². The van der Waals surface area contributed by atoms with Gasteiger partial charge in [-0.1, -0.05) is 6.07 Å². The molecule has 0 unspecified atom stereocenters. The number of rotatable bonds is 6. The summed E-state index contributed by atoms with van der Waals surface area (Å²) < 4.78 is 11.0. The number of hydrogen-bond acceptors (Lipinski definition) is 7. The lowest BCUT2D eigenvalue weighted by Gasteiger charge is -2.21. The fraction of sp³-hybridized carbons (Fsp3) is 0.250. The van der Waals surface area contributed by atoms with Gasteiger partial charge in [-0.25, -0.2) is 4.98 Å². The molecule has 0 bridgehead atoms. The van der Waals surface area contributed by atoms with Gasteiger partial charge in [0.2, 0.25) is 5.91 Å². The number of nitrogens with one attached hydrogen (secondary N) is 1. The number of anilines is 1. The standard InChI is InChI=1S/C20H19N3O4S2/c1-2-23(20(25)14-12-29-19(22-14)17-4-3-9-28-17)11-18(24)21-13-5-6-15-16(10-13)27-8-7-26-15/h3-6,9-10,12H,2,7-8,11H2,1H3,(H,21,24). The van der Waals surface area contributed by atoms with E-state index >= 15 is 0 Å². The highest BCUT2D eigenvalue weighted by Gasteiger charge is 2.21. The summed E-state index contributed by atoms with van der Waals surface area (Å²) in [6.45, 7) is 3.16. The van der Waals surface area contributed by atoms with E-state index in [-0.39, 0.29) is 18.4 Å². The van der Waals surface area contributed by atoms with Gasteiger partial charge in [-0.3, -0.25) is 9.59 Å². The predicted octanol–water partition coefficient (Wildman–Crippen LogP) is 3.74. The molecule has 0 fully saturated rings. The van der Waals surface area contributed by atoms with Crippen LogP contribution < -0.4 is 14.8 Å². The zero-order chi connectivity index (χ0) is 20.2. The van der Waals surface area contributed by atoms with Crippen LogP contribution in [-0.4, -0.2) is 48.0 Å². The van der Waals surface area contributed by atoms with Gasteiger partial charge in [0.1, 0.15) is 30.5 Å².